The summed E-state index contributed by atoms with van der Waals surface area (Å²) in [5.74, 6) is -0.247. The molecule has 0 amide bonds. The zero-order valence-electron chi connectivity index (χ0n) is 13.0. The van der Waals surface area contributed by atoms with Crippen LogP contribution in [0.3, 0.4) is 0 Å². The first kappa shape index (κ1) is 19.2. The third-order valence-corrected chi connectivity index (χ3v) is 2.60. The minimum Gasteiger partial charge on any atom is -0.406 e. The lowest BCUT2D eigenvalue weighted by atomic mass is 10.2. The largest absolute Gasteiger partial charge is 0.573 e. The molecule has 1 aromatic heterocycles. The highest BCUT2D eigenvalue weighted by molar-refractivity contribution is 5.55. The zero-order valence-corrected chi connectivity index (χ0v) is 13.0. The van der Waals surface area contributed by atoms with Gasteiger partial charge < -0.3 is 10.1 Å². The van der Waals surface area contributed by atoms with Gasteiger partial charge >= 0.3 is 12.0 Å². The Bertz CT molecular complexity index is 661. The maximum absolute atomic E-state index is 12.0. The lowest BCUT2D eigenvalue weighted by molar-refractivity contribution is -0.384. The molecule has 0 spiro atoms. The Morgan fingerprint density at radius 2 is 1.83 bits per heavy atom. The normalized spacial score (nSPS) is 10.4. The number of pyridine rings is 1. The number of nitrogens with one attached hydrogen (secondary N) is 1. The first-order valence-electron chi connectivity index (χ1n) is 7.03. The van der Waals surface area contributed by atoms with Crippen LogP contribution in [0.5, 0.6) is 5.75 Å². The van der Waals surface area contributed by atoms with Crippen LogP contribution in [0.2, 0.25) is 0 Å². The summed E-state index contributed by atoms with van der Waals surface area (Å²) in [7, 11) is 0. The van der Waals surface area contributed by atoms with E-state index in [1.807, 2.05) is 13.8 Å². The van der Waals surface area contributed by atoms with Gasteiger partial charge in [0.1, 0.15) is 5.75 Å². The van der Waals surface area contributed by atoms with Crippen LogP contribution in [0, 0.1) is 10.1 Å². The fourth-order valence-electron chi connectivity index (χ4n) is 1.68. The van der Waals surface area contributed by atoms with Crippen molar-refractivity contribution in [2.24, 2.45) is 0 Å². The Kier molecular flexibility index (Phi) is 6.97. The SMILES string of the molecule is CC.O=[N+]([O-])c1cccnc1NCc1ccc(OC(F)(F)F)cc1. The van der Waals surface area contributed by atoms with E-state index < -0.39 is 11.3 Å². The Morgan fingerprint density at radius 1 is 1.21 bits per heavy atom. The summed E-state index contributed by atoms with van der Waals surface area (Å²) in [5, 5.41) is 13.6. The predicted octanol–water partition coefficient (Wildman–Crippen LogP) is 4.53. The van der Waals surface area contributed by atoms with Crippen molar-refractivity contribution in [3.63, 3.8) is 0 Å². The van der Waals surface area contributed by atoms with Gasteiger partial charge in [-0.1, -0.05) is 26.0 Å². The summed E-state index contributed by atoms with van der Waals surface area (Å²) in [4.78, 5) is 14.1. The third-order valence-electron chi connectivity index (χ3n) is 2.60. The molecule has 6 nitrogen and oxygen atoms in total. The minimum absolute atomic E-state index is 0.0862. The number of anilines is 1. The smallest absolute Gasteiger partial charge is 0.406 e. The third kappa shape index (κ3) is 6.11. The molecule has 24 heavy (non-hydrogen) atoms. The molecule has 2 aromatic rings. The molecule has 0 fully saturated rings. The molecule has 0 aliphatic heterocycles. The number of alkyl halides is 3. The Labute approximate surface area is 136 Å². The average Bonchev–Trinajstić information content (AvgIpc) is 2.55. The monoisotopic (exact) mass is 343 g/mol. The number of hydrogen-bond acceptors (Lipinski definition) is 5. The van der Waals surface area contributed by atoms with Crippen LogP contribution in [0.25, 0.3) is 0 Å². The van der Waals surface area contributed by atoms with E-state index in [0.717, 1.165) is 12.1 Å². The number of halogens is 3. The quantitative estimate of drug-likeness (QED) is 0.638. The van der Waals surface area contributed by atoms with E-state index in [2.05, 4.69) is 15.0 Å². The van der Waals surface area contributed by atoms with Crippen LogP contribution in [0.15, 0.2) is 42.6 Å². The molecule has 9 heteroatoms. The van der Waals surface area contributed by atoms with Gasteiger partial charge in [-0.15, -0.1) is 13.2 Å². The molecule has 0 saturated heterocycles. The van der Waals surface area contributed by atoms with E-state index in [1.54, 1.807) is 0 Å². The van der Waals surface area contributed by atoms with Crippen molar-refractivity contribution < 1.29 is 22.8 Å². The molecule has 0 aliphatic rings. The average molecular weight is 343 g/mol. The highest BCUT2D eigenvalue weighted by Crippen LogP contribution is 2.24. The maximum Gasteiger partial charge on any atom is 0.573 e. The number of ether oxygens (including phenoxy) is 1. The van der Waals surface area contributed by atoms with Crippen molar-refractivity contribution in [2.45, 2.75) is 26.8 Å². The van der Waals surface area contributed by atoms with Crippen LogP contribution in [-0.4, -0.2) is 16.3 Å². The summed E-state index contributed by atoms with van der Waals surface area (Å²) < 4.78 is 39.8. The topological polar surface area (TPSA) is 77.3 Å². The lowest BCUT2D eigenvalue weighted by Crippen LogP contribution is -2.17. The molecule has 0 unspecified atom stereocenters. The molecule has 130 valence electrons. The molecule has 1 aromatic carbocycles. The van der Waals surface area contributed by atoms with Gasteiger partial charge in [0.2, 0.25) is 5.82 Å². The summed E-state index contributed by atoms with van der Waals surface area (Å²) in [5.41, 5.74) is 0.439. The van der Waals surface area contributed by atoms with Crippen molar-refractivity contribution in [1.82, 2.24) is 4.98 Å². The van der Waals surface area contributed by atoms with E-state index in [9.17, 15) is 23.3 Å². The van der Waals surface area contributed by atoms with Crippen molar-refractivity contribution in [3.05, 3.63) is 58.3 Å². The van der Waals surface area contributed by atoms with E-state index in [-0.39, 0.29) is 23.8 Å². The minimum atomic E-state index is -4.74. The second-order valence-electron chi connectivity index (χ2n) is 4.17. The second-order valence-corrected chi connectivity index (χ2v) is 4.17. The van der Waals surface area contributed by atoms with Gasteiger partial charge in [0, 0.05) is 18.8 Å². The van der Waals surface area contributed by atoms with E-state index >= 15 is 0 Å². The zero-order chi connectivity index (χ0) is 18.2. The molecule has 0 saturated carbocycles. The standard InChI is InChI=1S/C13H10F3N3O3.C2H6/c14-13(15,16)22-10-5-3-9(4-6-10)8-18-12-11(19(20)21)2-1-7-17-12;1-2/h1-7H,8H2,(H,17,18);1-2H3. The summed E-state index contributed by atoms with van der Waals surface area (Å²) in [6.07, 6.45) is -3.34. The van der Waals surface area contributed by atoms with Crippen LogP contribution in [0.4, 0.5) is 24.7 Å². The summed E-state index contributed by atoms with van der Waals surface area (Å²) in [6, 6.07) is 7.91. The van der Waals surface area contributed by atoms with Gasteiger partial charge in [-0.05, 0) is 23.8 Å². The first-order chi connectivity index (χ1) is 11.3. The number of aromatic nitrogens is 1. The summed E-state index contributed by atoms with van der Waals surface area (Å²) >= 11 is 0. The number of nitrogens with zero attached hydrogens (tertiary/aromatic N) is 2. The highest BCUT2D eigenvalue weighted by Gasteiger charge is 2.30. The number of benzene rings is 1. The molecular formula is C15H16F3N3O3. The van der Waals surface area contributed by atoms with Gasteiger partial charge in [-0.25, -0.2) is 4.98 Å². The molecule has 0 radical (unpaired) electrons. The number of rotatable bonds is 5. The van der Waals surface area contributed by atoms with E-state index in [4.69, 9.17) is 0 Å². The first-order valence-corrected chi connectivity index (χ1v) is 7.03. The molecule has 2 rings (SSSR count). The highest BCUT2D eigenvalue weighted by atomic mass is 19.4. The molecular weight excluding hydrogens is 327 g/mol. The molecule has 1 N–H and O–H groups in total. The Morgan fingerprint density at radius 3 is 2.38 bits per heavy atom. The van der Waals surface area contributed by atoms with Gasteiger partial charge in [0.15, 0.2) is 0 Å². The molecule has 0 bridgehead atoms. The Balaban J connectivity index is 0.00000139. The summed E-state index contributed by atoms with van der Waals surface area (Å²) in [6.45, 7) is 4.17. The van der Waals surface area contributed by atoms with E-state index in [1.165, 1.54) is 30.5 Å². The van der Waals surface area contributed by atoms with Gasteiger partial charge in [0.05, 0.1) is 4.92 Å². The molecule has 1 heterocycles. The number of hydrogen-bond donors (Lipinski definition) is 1. The van der Waals surface area contributed by atoms with Crippen LogP contribution in [-0.2, 0) is 6.54 Å². The van der Waals surface area contributed by atoms with Crippen molar-refractivity contribution in [2.75, 3.05) is 5.32 Å². The second kappa shape index (κ2) is 8.70. The number of nitro groups is 1. The molecule has 0 atom stereocenters. The predicted molar refractivity (Wildman–Crippen MR) is 82.7 cm³/mol. The van der Waals surface area contributed by atoms with Crippen LogP contribution < -0.4 is 10.1 Å². The van der Waals surface area contributed by atoms with Gasteiger partial charge in [-0.3, -0.25) is 10.1 Å². The van der Waals surface area contributed by atoms with Gasteiger partial charge in [0.25, 0.3) is 0 Å². The fraction of sp³-hybridized carbons (Fsp3) is 0.267. The fourth-order valence-corrected chi connectivity index (χ4v) is 1.68. The Hall–Kier alpha value is -2.84. The van der Waals surface area contributed by atoms with Crippen molar-refractivity contribution >= 4 is 11.5 Å². The lowest BCUT2D eigenvalue weighted by Gasteiger charge is -2.10. The molecule has 0 aliphatic carbocycles. The van der Waals surface area contributed by atoms with E-state index in [0.29, 0.717) is 5.56 Å². The van der Waals surface area contributed by atoms with Crippen LogP contribution in [0.1, 0.15) is 19.4 Å². The maximum atomic E-state index is 12.0. The van der Waals surface area contributed by atoms with Crippen molar-refractivity contribution in [3.8, 4) is 5.75 Å². The van der Waals surface area contributed by atoms with Crippen LogP contribution >= 0.6 is 0 Å². The van der Waals surface area contributed by atoms with Crippen molar-refractivity contribution in [1.29, 1.82) is 0 Å². The van der Waals surface area contributed by atoms with Gasteiger partial charge in [-0.2, -0.15) is 0 Å².